The number of aromatic hydroxyl groups is 2. The average molecular weight is 485 g/mol. The van der Waals surface area contributed by atoms with Crippen molar-refractivity contribution in [3.63, 3.8) is 0 Å². The monoisotopic (exact) mass is 485 g/mol. The van der Waals surface area contributed by atoms with Crippen molar-refractivity contribution in [3.05, 3.63) is 70.2 Å². The molecule has 1 fully saturated rings. The Morgan fingerprint density at radius 2 is 1.26 bits per heavy atom. The lowest BCUT2D eigenvalue weighted by Crippen LogP contribution is -2.38. The van der Waals surface area contributed by atoms with Crippen LogP contribution < -0.4 is 22.5 Å². The van der Waals surface area contributed by atoms with Crippen LogP contribution in [0.4, 0.5) is 0 Å². The molecule has 186 valence electrons. The Labute approximate surface area is 199 Å². The highest BCUT2D eigenvalue weighted by molar-refractivity contribution is 5.97. The Kier molecular flexibility index (Phi) is 7.16. The Balaban J connectivity index is 2.21. The summed E-state index contributed by atoms with van der Waals surface area (Å²) in [5.41, 5.74) is -0.816. The lowest BCUT2D eigenvalue weighted by Gasteiger charge is -2.26. The van der Waals surface area contributed by atoms with Crippen molar-refractivity contribution < 1.29 is 15.0 Å². The molecule has 0 radical (unpaired) electrons. The highest BCUT2D eigenvalue weighted by atomic mass is 16.3. The lowest BCUT2D eigenvalue weighted by molar-refractivity contribution is -0.127. The third-order valence-electron chi connectivity index (χ3n) is 6.00. The quantitative estimate of drug-likeness (QED) is 0.326. The van der Waals surface area contributed by atoms with Crippen molar-refractivity contribution in [2.45, 2.75) is 19.3 Å². The summed E-state index contributed by atoms with van der Waals surface area (Å²) >= 11 is 0. The van der Waals surface area contributed by atoms with Crippen molar-refractivity contribution in [3.8, 4) is 11.8 Å². The van der Waals surface area contributed by atoms with Crippen LogP contribution in [0.2, 0.25) is 0 Å². The van der Waals surface area contributed by atoms with Gasteiger partial charge in [-0.25, -0.2) is 9.59 Å². The second-order valence-electron chi connectivity index (χ2n) is 8.27. The molecule has 2 aromatic rings. The first-order chi connectivity index (χ1) is 16.5. The number of hydrogen-bond donors (Lipinski definition) is 2. The molecule has 1 saturated heterocycles. The standard InChI is InChI=1S/C23H27N5O7/c1-24-18(30)15(19(31)25(2)22(24)34)10-8-14(17(29)28-12-6-5-7-13-28)9-11-16-20(32)26(3)23(35)27(4)21(16)33/h8,10-11,30,32H,5-7,12-13H2,1-4H3. The van der Waals surface area contributed by atoms with Crippen LogP contribution in [0.25, 0.3) is 12.2 Å². The van der Waals surface area contributed by atoms with Gasteiger partial charge >= 0.3 is 11.4 Å². The third-order valence-corrected chi connectivity index (χ3v) is 6.00. The number of amides is 1. The largest absolute Gasteiger partial charge is 0.494 e. The zero-order chi connectivity index (χ0) is 26.0. The second-order valence-corrected chi connectivity index (χ2v) is 8.27. The highest BCUT2D eigenvalue weighted by Crippen LogP contribution is 2.17. The summed E-state index contributed by atoms with van der Waals surface area (Å²) < 4.78 is 3.39. The van der Waals surface area contributed by atoms with Gasteiger partial charge in [-0.3, -0.25) is 32.7 Å². The fourth-order valence-electron chi connectivity index (χ4n) is 3.76. The Hall–Kier alpha value is -4.31. The molecule has 12 heteroatoms. The van der Waals surface area contributed by atoms with Crippen LogP contribution in [0.5, 0.6) is 11.8 Å². The summed E-state index contributed by atoms with van der Waals surface area (Å²) in [6, 6.07) is 0. The Morgan fingerprint density at radius 3 is 1.80 bits per heavy atom. The van der Waals surface area contributed by atoms with Gasteiger partial charge in [0.1, 0.15) is 11.1 Å². The SMILES string of the molecule is Cn1c(O)c(C=C=C(C=Cc2c(O)n(C)c(=O)n(C)c2=O)C(=O)N2CCCCC2)c(=O)n(C)c1=O. The molecule has 1 aliphatic heterocycles. The summed E-state index contributed by atoms with van der Waals surface area (Å²) in [6.07, 6.45) is 6.15. The number of piperidine rings is 1. The van der Waals surface area contributed by atoms with E-state index in [9.17, 15) is 34.2 Å². The molecule has 0 saturated carbocycles. The predicted octanol–water partition coefficient (Wildman–Crippen LogP) is -0.843. The van der Waals surface area contributed by atoms with Crippen molar-refractivity contribution in [1.82, 2.24) is 23.2 Å². The zero-order valence-corrected chi connectivity index (χ0v) is 19.9. The molecule has 0 atom stereocenters. The maximum atomic E-state index is 13.2. The van der Waals surface area contributed by atoms with Gasteiger partial charge in [0.25, 0.3) is 17.0 Å². The van der Waals surface area contributed by atoms with Gasteiger partial charge in [-0.15, -0.1) is 5.73 Å². The topological polar surface area (TPSA) is 149 Å². The van der Waals surface area contributed by atoms with E-state index >= 15 is 0 Å². The number of nitrogens with zero attached hydrogens (tertiary/aromatic N) is 5. The van der Waals surface area contributed by atoms with E-state index in [0.717, 1.165) is 43.6 Å². The molecular formula is C23H27N5O7. The maximum Gasteiger partial charge on any atom is 0.333 e. The van der Waals surface area contributed by atoms with Crippen molar-refractivity contribution in [2.75, 3.05) is 13.1 Å². The van der Waals surface area contributed by atoms with Crippen molar-refractivity contribution in [2.24, 2.45) is 28.2 Å². The van der Waals surface area contributed by atoms with E-state index in [1.165, 1.54) is 40.3 Å². The summed E-state index contributed by atoms with van der Waals surface area (Å²) in [7, 11) is 5.09. The van der Waals surface area contributed by atoms with Crippen LogP contribution in [-0.2, 0) is 33.0 Å². The molecule has 0 bridgehead atoms. The van der Waals surface area contributed by atoms with Gasteiger partial charge in [0.15, 0.2) is 0 Å². The third kappa shape index (κ3) is 4.69. The summed E-state index contributed by atoms with van der Waals surface area (Å²) in [4.78, 5) is 63.8. The van der Waals surface area contributed by atoms with Crippen LogP contribution in [0.1, 0.15) is 30.4 Å². The maximum absolute atomic E-state index is 13.2. The number of carbonyl (C=O) groups is 1. The minimum absolute atomic E-state index is 0.0579. The first kappa shape index (κ1) is 25.3. The molecule has 2 aromatic heterocycles. The molecule has 2 N–H and O–H groups in total. The Morgan fingerprint density at radius 1 is 0.771 bits per heavy atom. The van der Waals surface area contributed by atoms with Crippen LogP contribution in [0, 0.1) is 0 Å². The van der Waals surface area contributed by atoms with Gasteiger partial charge in [0, 0.05) is 41.3 Å². The van der Waals surface area contributed by atoms with Crippen LogP contribution >= 0.6 is 0 Å². The van der Waals surface area contributed by atoms with Gasteiger partial charge < -0.3 is 15.1 Å². The molecule has 0 aromatic carbocycles. The molecular weight excluding hydrogens is 458 g/mol. The predicted molar refractivity (Wildman–Crippen MR) is 128 cm³/mol. The molecule has 0 spiro atoms. The minimum Gasteiger partial charge on any atom is -0.494 e. The highest BCUT2D eigenvalue weighted by Gasteiger charge is 2.20. The molecule has 35 heavy (non-hydrogen) atoms. The summed E-state index contributed by atoms with van der Waals surface area (Å²) in [5, 5.41) is 20.6. The molecule has 0 unspecified atom stereocenters. The van der Waals surface area contributed by atoms with Crippen LogP contribution in [0.15, 0.2) is 36.6 Å². The van der Waals surface area contributed by atoms with E-state index < -0.39 is 40.2 Å². The van der Waals surface area contributed by atoms with Gasteiger partial charge in [-0.1, -0.05) is 0 Å². The lowest BCUT2D eigenvalue weighted by atomic mass is 10.1. The van der Waals surface area contributed by atoms with E-state index in [0.29, 0.717) is 13.1 Å². The first-order valence-corrected chi connectivity index (χ1v) is 10.9. The van der Waals surface area contributed by atoms with Gasteiger partial charge in [0.05, 0.1) is 5.57 Å². The number of rotatable bonds is 4. The fourth-order valence-corrected chi connectivity index (χ4v) is 3.76. The zero-order valence-electron chi connectivity index (χ0n) is 19.9. The molecule has 12 nitrogen and oxygen atoms in total. The van der Waals surface area contributed by atoms with E-state index in [-0.39, 0.29) is 16.7 Å². The molecule has 3 heterocycles. The number of hydrogen-bond acceptors (Lipinski definition) is 7. The van der Waals surface area contributed by atoms with Crippen LogP contribution in [0.3, 0.4) is 0 Å². The van der Waals surface area contributed by atoms with Gasteiger partial charge in [-0.05, 0) is 37.5 Å². The number of carbonyl (C=O) groups excluding carboxylic acids is 1. The van der Waals surface area contributed by atoms with E-state index in [1.807, 2.05) is 0 Å². The van der Waals surface area contributed by atoms with Crippen molar-refractivity contribution in [1.29, 1.82) is 0 Å². The second kappa shape index (κ2) is 9.90. The smallest absolute Gasteiger partial charge is 0.333 e. The van der Waals surface area contributed by atoms with E-state index in [1.54, 1.807) is 4.90 Å². The molecule has 1 amide bonds. The Bertz CT molecular complexity index is 1520. The normalized spacial score (nSPS) is 13.7. The van der Waals surface area contributed by atoms with E-state index in [4.69, 9.17) is 0 Å². The van der Waals surface area contributed by atoms with Crippen molar-refractivity contribution >= 4 is 18.1 Å². The first-order valence-electron chi connectivity index (χ1n) is 10.9. The van der Waals surface area contributed by atoms with Gasteiger partial charge in [-0.2, -0.15) is 0 Å². The number of aromatic nitrogens is 4. The van der Waals surface area contributed by atoms with Crippen LogP contribution in [-0.4, -0.2) is 52.4 Å². The fraction of sp³-hybridized carbons (Fsp3) is 0.391. The number of likely N-dealkylation sites (tertiary alicyclic amines) is 1. The van der Waals surface area contributed by atoms with E-state index in [2.05, 4.69) is 5.73 Å². The summed E-state index contributed by atoms with van der Waals surface area (Å²) in [6.45, 7) is 1.02. The minimum atomic E-state index is -0.781. The average Bonchev–Trinajstić information content (AvgIpc) is 2.87. The van der Waals surface area contributed by atoms with Gasteiger partial charge in [0.2, 0.25) is 11.8 Å². The molecule has 3 rings (SSSR count). The summed E-state index contributed by atoms with van der Waals surface area (Å²) in [5.74, 6) is -1.60. The molecule has 0 aliphatic carbocycles. The molecule has 1 aliphatic rings.